The van der Waals surface area contributed by atoms with Crippen LogP contribution in [-0.4, -0.2) is 11.0 Å². The van der Waals surface area contributed by atoms with Crippen molar-refractivity contribution in [1.29, 1.82) is 0 Å². The van der Waals surface area contributed by atoms with Gasteiger partial charge < -0.3 is 10.6 Å². The topological polar surface area (TPSA) is 41.1 Å². The molecule has 2 rings (SSSR count). The SMILES string of the molecule is CC(C)c1cc(I)ccc1NC(=S)NC(=O)Cc1ccc(Cl)cc1. The number of anilines is 1. The molecule has 1 amide bonds. The Bertz CT molecular complexity index is 747. The normalized spacial score (nSPS) is 10.5. The van der Waals surface area contributed by atoms with Crippen LogP contribution in [0.3, 0.4) is 0 Å². The van der Waals surface area contributed by atoms with Crippen LogP contribution in [0.25, 0.3) is 0 Å². The van der Waals surface area contributed by atoms with Gasteiger partial charge >= 0.3 is 0 Å². The second-order valence-corrected chi connectivity index (χ2v) is 7.78. The van der Waals surface area contributed by atoms with E-state index in [1.54, 1.807) is 12.1 Å². The number of carbonyl (C=O) groups is 1. The highest BCUT2D eigenvalue weighted by Crippen LogP contribution is 2.26. The third-order valence-electron chi connectivity index (χ3n) is 3.41. The van der Waals surface area contributed by atoms with Crippen molar-refractivity contribution in [3.8, 4) is 0 Å². The van der Waals surface area contributed by atoms with Gasteiger partial charge in [0.2, 0.25) is 5.91 Å². The summed E-state index contributed by atoms with van der Waals surface area (Å²) in [5.41, 5.74) is 2.97. The Hall–Kier alpha value is -1.18. The third kappa shape index (κ3) is 5.72. The molecule has 0 bridgehead atoms. The van der Waals surface area contributed by atoms with Gasteiger partial charge in [-0.05, 0) is 82.2 Å². The lowest BCUT2D eigenvalue weighted by atomic mass is 10.0. The Labute approximate surface area is 166 Å². The van der Waals surface area contributed by atoms with E-state index in [9.17, 15) is 4.79 Å². The molecule has 0 aliphatic carbocycles. The van der Waals surface area contributed by atoms with Crippen molar-refractivity contribution in [2.75, 3.05) is 5.32 Å². The summed E-state index contributed by atoms with van der Waals surface area (Å²) >= 11 is 13.4. The number of halogens is 2. The molecule has 0 atom stereocenters. The van der Waals surface area contributed by atoms with E-state index in [2.05, 4.69) is 53.1 Å². The Balaban J connectivity index is 1.98. The van der Waals surface area contributed by atoms with Crippen LogP contribution in [0.5, 0.6) is 0 Å². The summed E-state index contributed by atoms with van der Waals surface area (Å²) in [6.07, 6.45) is 0.253. The van der Waals surface area contributed by atoms with Gasteiger partial charge in [0.05, 0.1) is 6.42 Å². The number of amides is 1. The van der Waals surface area contributed by atoms with E-state index in [4.69, 9.17) is 23.8 Å². The Morgan fingerprint density at radius 2 is 1.88 bits per heavy atom. The van der Waals surface area contributed by atoms with Crippen LogP contribution in [-0.2, 0) is 11.2 Å². The van der Waals surface area contributed by atoms with Crippen LogP contribution >= 0.6 is 46.4 Å². The summed E-state index contributed by atoms with van der Waals surface area (Å²) in [4.78, 5) is 12.1. The van der Waals surface area contributed by atoms with Crippen molar-refractivity contribution < 1.29 is 4.79 Å². The maximum absolute atomic E-state index is 12.1. The minimum Gasteiger partial charge on any atom is -0.332 e. The van der Waals surface area contributed by atoms with Crippen LogP contribution in [0.2, 0.25) is 5.02 Å². The molecule has 0 heterocycles. The van der Waals surface area contributed by atoms with Gasteiger partial charge in [-0.15, -0.1) is 0 Å². The maximum atomic E-state index is 12.1. The van der Waals surface area contributed by atoms with Gasteiger partial charge in [-0.1, -0.05) is 37.6 Å². The van der Waals surface area contributed by atoms with Gasteiger partial charge in [-0.3, -0.25) is 4.79 Å². The van der Waals surface area contributed by atoms with E-state index in [0.717, 1.165) is 16.8 Å². The summed E-state index contributed by atoms with van der Waals surface area (Å²) in [5, 5.41) is 6.79. The van der Waals surface area contributed by atoms with E-state index in [-0.39, 0.29) is 12.3 Å². The number of thiocarbonyl (C=S) groups is 1. The molecule has 6 heteroatoms. The molecule has 0 saturated carbocycles. The van der Waals surface area contributed by atoms with E-state index >= 15 is 0 Å². The van der Waals surface area contributed by atoms with Crippen molar-refractivity contribution >= 4 is 63.1 Å². The van der Waals surface area contributed by atoms with Crippen molar-refractivity contribution in [1.82, 2.24) is 5.32 Å². The fourth-order valence-corrected chi connectivity index (χ4v) is 3.10. The first kappa shape index (κ1) is 19.1. The molecule has 0 unspecified atom stereocenters. The average Bonchev–Trinajstić information content (AvgIpc) is 2.51. The second kappa shape index (κ2) is 8.78. The summed E-state index contributed by atoms with van der Waals surface area (Å²) in [6.45, 7) is 4.25. The Morgan fingerprint density at radius 1 is 1.21 bits per heavy atom. The number of hydrogen-bond donors (Lipinski definition) is 2. The van der Waals surface area contributed by atoms with E-state index < -0.39 is 0 Å². The summed E-state index contributed by atoms with van der Waals surface area (Å²) < 4.78 is 1.17. The van der Waals surface area contributed by atoms with Crippen LogP contribution in [0.15, 0.2) is 42.5 Å². The summed E-state index contributed by atoms with van der Waals surface area (Å²) in [6, 6.07) is 13.3. The Morgan fingerprint density at radius 3 is 2.50 bits per heavy atom. The number of nitrogens with one attached hydrogen (secondary N) is 2. The second-order valence-electron chi connectivity index (χ2n) is 5.69. The van der Waals surface area contributed by atoms with Crippen molar-refractivity contribution in [2.24, 2.45) is 0 Å². The monoisotopic (exact) mass is 472 g/mol. The van der Waals surface area contributed by atoms with Crippen molar-refractivity contribution in [3.05, 3.63) is 62.2 Å². The molecular weight excluding hydrogens is 455 g/mol. The van der Waals surface area contributed by atoms with E-state index in [1.807, 2.05) is 24.3 Å². The first-order chi connectivity index (χ1) is 11.3. The molecule has 3 nitrogen and oxygen atoms in total. The van der Waals surface area contributed by atoms with Crippen LogP contribution in [0, 0.1) is 3.57 Å². The molecule has 2 aromatic rings. The number of rotatable bonds is 4. The number of carbonyl (C=O) groups excluding carboxylic acids is 1. The van der Waals surface area contributed by atoms with Gasteiger partial charge in [0.15, 0.2) is 5.11 Å². The zero-order valence-corrected chi connectivity index (χ0v) is 17.1. The number of hydrogen-bond acceptors (Lipinski definition) is 2. The van der Waals surface area contributed by atoms with E-state index in [1.165, 1.54) is 3.57 Å². The highest BCUT2D eigenvalue weighted by molar-refractivity contribution is 14.1. The zero-order chi connectivity index (χ0) is 17.7. The molecule has 0 aromatic heterocycles. The summed E-state index contributed by atoms with van der Waals surface area (Å²) in [5.74, 6) is 0.196. The van der Waals surface area contributed by atoms with E-state index in [0.29, 0.717) is 16.1 Å². The maximum Gasteiger partial charge on any atom is 0.230 e. The molecule has 2 N–H and O–H groups in total. The molecule has 24 heavy (non-hydrogen) atoms. The average molecular weight is 473 g/mol. The predicted octanol–water partition coefficient (Wildman–Crippen LogP) is 5.12. The van der Waals surface area contributed by atoms with Gasteiger partial charge in [0.1, 0.15) is 0 Å². The van der Waals surface area contributed by atoms with Gasteiger partial charge in [0, 0.05) is 14.3 Å². The smallest absolute Gasteiger partial charge is 0.230 e. The quantitative estimate of drug-likeness (QED) is 0.479. The van der Waals surface area contributed by atoms with Crippen LogP contribution < -0.4 is 10.6 Å². The molecular formula is C18H18ClIN2OS. The molecule has 0 saturated heterocycles. The minimum atomic E-state index is -0.161. The van der Waals surface area contributed by atoms with Gasteiger partial charge in [-0.25, -0.2) is 0 Å². The molecule has 0 spiro atoms. The fraction of sp³-hybridized carbons (Fsp3) is 0.222. The van der Waals surface area contributed by atoms with Crippen molar-refractivity contribution in [2.45, 2.75) is 26.2 Å². The lowest BCUT2D eigenvalue weighted by molar-refractivity contribution is -0.119. The summed E-state index contributed by atoms with van der Waals surface area (Å²) in [7, 11) is 0. The lowest BCUT2D eigenvalue weighted by Gasteiger charge is -2.16. The first-order valence-electron chi connectivity index (χ1n) is 7.50. The predicted molar refractivity (Wildman–Crippen MR) is 113 cm³/mol. The molecule has 126 valence electrons. The minimum absolute atomic E-state index is 0.161. The molecule has 2 aromatic carbocycles. The van der Waals surface area contributed by atoms with Crippen LogP contribution in [0.1, 0.15) is 30.9 Å². The largest absolute Gasteiger partial charge is 0.332 e. The van der Waals surface area contributed by atoms with Crippen molar-refractivity contribution in [3.63, 3.8) is 0 Å². The van der Waals surface area contributed by atoms with Crippen LogP contribution in [0.4, 0.5) is 5.69 Å². The highest BCUT2D eigenvalue weighted by Gasteiger charge is 2.11. The lowest BCUT2D eigenvalue weighted by Crippen LogP contribution is -2.35. The van der Waals surface area contributed by atoms with Gasteiger partial charge in [0.25, 0.3) is 0 Å². The fourth-order valence-electron chi connectivity index (χ4n) is 2.24. The number of benzene rings is 2. The first-order valence-corrected chi connectivity index (χ1v) is 9.36. The third-order valence-corrected chi connectivity index (χ3v) is 4.54. The molecule has 0 fully saturated rings. The molecule has 0 aliphatic rings. The molecule has 0 aliphatic heterocycles. The standard InChI is InChI=1S/C18H18ClIN2OS/c1-11(2)15-10-14(20)7-8-16(15)21-18(24)22-17(23)9-12-3-5-13(19)6-4-12/h3-8,10-11H,9H2,1-2H3,(H2,21,22,23,24). The molecule has 0 radical (unpaired) electrons. The van der Waals surface area contributed by atoms with Gasteiger partial charge in [-0.2, -0.15) is 0 Å². The zero-order valence-electron chi connectivity index (χ0n) is 13.4. The Kier molecular flexibility index (Phi) is 7.01. The highest BCUT2D eigenvalue weighted by atomic mass is 127.